The summed E-state index contributed by atoms with van der Waals surface area (Å²) in [5, 5.41) is 0. The van der Waals surface area contributed by atoms with E-state index >= 15 is 0 Å². The van der Waals surface area contributed by atoms with Gasteiger partial charge in [-0.2, -0.15) is 0 Å². The molecule has 0 saturated carbocycles. The van der Waals surface area contributed by atoms with Gasteiger partial charge in [0.25, 0.3) is 5.88 Å². The molecule has 1 heterocycles. The molecule has 1 aromatic rings. The summed E-state index contributed by atoms with van der Waals surface area (Å²) in [5.41, 5.74) is 0.725. The van der Waals surface area contributed by atoms with Crippen LogP contribution in [0, 0.1) is 0 Å². The van der Waals surface area contributed by atoms with Gasteiger partial charge in [-0.05, 0) is 17.7 Å². The van der Waals surface area contributed by atoms with Gasteiger partial charge in [-0.25, -0.2) is 9.78 Å². The van der Waals surface area contributed by atoms with Gasteiger partial charge in [-0.3, -0.25) is 0 Å². The van der Waals surface area contributed by atoms with Gasteiger partial charge in [0.1, 0.15) is 0 Å². The van der Waals surface area contributed by atoms with E-state index in [1.54, 1.807) is 18.3 Å². The fourth-order valence-electron chi connectivity index (χ4n) is 1.07. The summed E-state index contributed by atoms with van der Waals surface area (Å²) in [5.74, 6) is 0.488. The molecule has 0 atom stereocenters. The fourth-order valence-corrected chi connectivity index (χ4v) is 1.07. The van der Waals surface area contributed by atoms with E-state index in [-0.39, 0.29) is 0 Å². The molecule has 0 aliphatic carbocycles. The van der Waals surface area contributed by atoms with Crippen molar-refractivity contribution in [2.24, 2.45) is 0 Å². The summed E-state index contributed by atoms with van der Waals surface area (Å²) in [6.45, 7) is 0. The number of ether oxygens (including phenoxy) is 3. The third-order valence-electron chi connectivity index (χ3n) is 1.87. The number of methoxy groups -OCH3 is 3. The Kier molecular flexibility index (Phi) is 4.32. The molecule has 5 heteroatoms. The van der Waals surface area contributed by atoms with Crippen LogP contribution < -0.4 is 9.47 Å². The molecule has 16 heavy (non-hydrogen) atoms. The Morgan fingerprint density at radius 1 is 1.31 bits per heavy atom. The van der Waals surface area contributed by atoms with E-state index in [4.69, 9.17) is 9.47 Å². The molecule has 5 nitrogen and oxygen atoms in total. The Hall–Kier alpha value is -2.04. The highest BCUT2D eigenvalue weighted by Gasteiger charge is 2.04. The van der Waals surface area contributed by atoms with Crippen LogP contribution in [0.5, 0.6) is 11.6 Å². The van der Waals surface area contributed by atoms with Crippen LogP contribution in [0.3, 0.4) is 0 Å². The Balaban J connectivity index is 2.91. The molecule has 0 bridgehead atoms. The van der Waals surface area contributed by atoms with Crippen molar-refractivity contribution >= 4 is 12.0 Å². The van der Waals surface area contributed by atoms with Crippen molar-refractivity contribution < 1.29 is 19.0 Å². The van der Waals surface area contributed by atoms with Crippen LogP contribution in [0.15, 0.2) is 18.3 Å². The summed E-state index contributed by atoms with van der Waals surface area (Å²) in [4.78, 5) is 14.9. The second-order valence-electron chi connectivity index (χ2n) is 2.84. The van der Waals surface area contributed by atoms with Crippen LogP contribution in [0.25, 0.3) is 6.08 Å². The normalized spacial score (nSPS) is 10.2. The predicted molar refractivity (Wildman–Crippen MR) is 58.4 cm³/mol. The molecule has 0 unspecified atom stereocenters. The van der Waals surface area contributed by atoms with Crippen molar-refractivity contribution in [3.63, 3.8) is 0 Å². The molecule has 1 rings (SSSR count). The smallest absolute Gasteiger partial charge is 0.330 e. The minimum absolute atomic E-state index is 0.401. The average molecular weight is 223 g/mol. The van der Waals surface area contributed by atoms with Crippen molar-refractivity contribution in [2.45, 2.75) is 0 Å². The lowest BCUT2D eigenvalue weighted by Crippen LogP contribution is -1.95. The maximum atomic E-state index is 10.9. The van der Waals surface area contributed by atoms with Crippen molar-refractivity contribution in [3.05, 3.63) is 23.9 Å². The Morgan fingerprint density at radius 3 is 2.62 bits per heavy atom. The largest absolute Gasteiger partial charge is 0.491 e. The molecule has 0 N–H and O–H groups in total. The van der Waals surface area contributed by atoms with E-state index in [9.17, 15) is 4.79 Å². The molecule has 86 valence electrons. The molecule has 0 aliphatic heterocycles. The van der Waals surface area contributed by atoms with E-state index < -0.39 is 5.97 Å². The highest BCUT2D eigenvalue weighted by Crippen LogP contribution is 2.24. The van der Waals surface area contributed by atoms with Crippen LogP contribution in [-0.4, -0.2) is 32.3 Å². The molecular formula is C11H13NO4. The minimum Gasteiger partial charge on any atom is -0.491 e. The maximum absolute atomic E-state index is 10.9. The first-order valence-corrected chi connectivity index (χ1v) is 4.55. The monoisotopic (exact) mass is 223 g/mol. The van der Waals surface area contributed by atoms with E-state index in [0.29, 0.717) is 11.6 Å². The van der Waals surface area contributed by atoms with Crippen molar-refractivity contribution in [1.82, 2.24) is 4.98 Å². The lowest BCUT2D eigenvalue weighted by molar-refractivity contribution is -0.134. The highest BCUT2D eigenvalue weighted by atomic mass is 16.5. The van der Waals surface area contributed by atoms with Gasteiger partial charge in [0.15, 0.2) is 5.75 Å². The van der Waals surface area contributed by atoms with Gasteiger partial charge in [0.05, 0.1) is 21.3 Å². The highest BCUT2D eigenvalue weighted by molar-refractivity contribution is 5.86. The topological polar surface area (TPSA) is 57.7 Å². The van der Waals surface area contributed by atoms with Gasteiger partial charge in [-0.1, -0.05) is 0 Å². The second kappa shape index (κ2) is 5.75. The third kappa shape index (κ3) is 2.98. The number of hydrogen-bond acceptors (Lipinski definition) is 5. The number of esters is 1. The van der Waals surface area contributed by atoms with E-state index in [0.717, 1.165) is 5.56 Å². The van der Waals surface area contributed by atoms with Crippen molar-refractivity contribution in [2.75, 3.05) is 21.3 Å². The Bertz CT molecular complexity index is 401. The number of rotatable bonds is 4. The number of aromatic nitrogens is 1. The number of carbonyl (C=O) groups is 1. The van der Waals surface area contributed by atoms with Crippen LogP contribution >= 0.6 is 0 Å². The lowest BCUT2D eigenvalue weighted by Gasteiger charge is -2.06. The number of carbonyl (C=O) groups excluding carboxylic acids is 1. The minimum atomic E-state index is -0.421. The predicted octanol–water partition coefficient (Wildman–Crippen LogP) is 1.28. The molecule has 0 fully saturated rings. The van der Waals surface area contributed by atoms with Gasteiger partial charge in [-0.15, -0.1) is 0 Å². The summed E-state index contributed by atoms with van der Waals surface area (Å²) in [6.07, 6.45) is 4.46. The van der Waals surface area contributed by atoms with Crippen LogP contribution in [0.1, 0.15) is 5.56 Å². The first-order valence-electron chi connectivity index (χ1n) is 4.55. The summed E-state index contributed by atoms with van der Waals surface area (Å²) in [7, 11) is 4.35. The summed E-state index contributed by atoms with van der Waals surface area (Å²) >= 11 is 0. The van der Waals surface area contributed by atoms with Gasteiger partial charge >= 0.3 is 5.97 Å². The van der Waals surface area contributed by atoms with Gasteiger partial charge < -0.3 is 14.2 Å². The summed E-state index contributed by atoms with van der Waals surface area (Å²) in [6, 6.07) is 1.71. The molecule has 0 amide bonds. The van der Waals surface area contributed by atoms with Crippen LogP contribution in [0.4, 0.5) is 0 Å². The van der Waals surface area contributed by atoms with Gasteiger partial charge in [0, 0.05) is 12.3 Å². The fraction of sp³-hybridized carbons (Fsp3) is 0.273. The molecular weight excluding hydrogens is 210 g/mol. The van der Waals surface area contributed by atoms with E-state index in [2.05, 4.69) is 9.72 Å². The second-order valence-corrected chi connectivity index (χ2v) is 2.84. The quantitative estimate of drug-likeness (QED) is 0.568. The lowest BCUT2D eigenvalue weighted by atomic mass is 10.2. The van der Waals surface area contributed by atoms with E-state index in [1.165, 1.54) is 27.4 Å². The zero-order valence-corrected chi connectivity index (χ0v) is 9.39. The number of hydrogen-bond donors (Lipinski definition) is 0. The molecule has 1 aromatic heterocycles. The zero-order chi connectivity index (χ0) is 12.0. The van der Waals surface area contributed by atoms with Gasteiger partial charge in [0.2, 0.25) is 0 Å². The molecule has 0 aliphatic rings. The first-order chi connectivity index (χ1) is 7.71. The number of nitrogens with zero attached hydrogens (tertiary/aromatic N) is 1. The average Bonchev–Trinajstić information content (AvgIpc) is 2.35. The SMILES string of the molecule is COC(=O)/C=C/c1cnc(OC)c(OC)c1. The number of pyridine rings is 1. The summed E-state index contributed by atoms with van der Waals surface area (Å²) < 4.78 is 14.5. The van der Waals surface area contributed by atoms with E-state index in [1.807, 2.05) is 0 Å². The third-order valence-corrected chi connectivity index (χ3v) is 1.87. The Morgan fingerprint density at radius 2 is 2.06 bits per heavy atom. The standard InChI is InChI=1S/C11H13NO4/c1-14-9-6-8(4-5-10(13)15-2)7-12-11(9)16-3/h4-7H,1-3H3/b5-4+. The molecule has 0 aromatic carbocycles. The van der Waals surface area contributed by atoms with Crippen LogP contribution in [0.2, 0.25) is 0 Å². The zero-order valence-electron chi connectivity index (χ0n) is 9.39. The molecule has 0 spiro atoms. The maximum Gasteiger partial charge on any atom is 0.330 e. The van der Waals surface area contributed by atoms with Crippen LogP contribution in [-0.2, 0) is 9.53 Å². The van der Waals surface area contributed by atoms with Crippen molar-refractivity contribution in [1.29, 1.82) is 0 Å². The molecule has 0 saturated heterocycles. The Labute approximate surface area is 93.7 Å². The molecule has 0 radical (unpaired) electrons. The van der Waals surface area contributed by atoms with Crippen molar-refractivity contribution in [3.8, 4) is 11.6 Å². The first kappa shape index (κ1) is 12.0.